The minimum absolute atomic E-state index is 0.0224. The number of hydrogen-bond donors (Lipinski definition) is 2. The van der Waals surface area contributed by atoms with Crippen molar-refractivity contribution in [3.8, 4) is 0 Å². The van der Waals surface area contributed by atoms with Gasteiger partial charge in [-0.25, -0.2) is 18.7 Å². The lowest BCUT2D eigenvalue weighted by Gasteiger charge is -2.21. The zero-order valence-corrected chi connectivity index (χ0v) is 12.7. The van der Waals surface area contributed by atoms with E-state index in [1.165, 1.54) is 4.90 Å². The standard InChI is InChI=1S/C14H15F2N5O3/c1-2-20(5-6-22)14-12(21(23)24)13(17-8-18-14)19-11-7-9(15)3-4-10(11)16/h3-4,7-8,22H,2,5-6H2,1H3,(H,17,18,19). The Balaban J connectivity index is 2.50. The fourth-order valence-corrected chi connectivity index (χ4v) is 2.12. The Morgan fingerprint density at radius 3 is 2.75 bits per heavy atom. The number of aromatic nitrogens is 2. The van der Waals surface area contributed by atoms with Gasteiger partial charge in [-0.3, -0.25) is 10.1 Å². The average molecular weight is 339 g/mol. The summed E-state index contributed by atoms with van der Waals surface area (Å²) in [5, 5.41) is 22.9. The first kappa shape index (κ1) is 17.5. The molecule has 0 amide bonds. The van der Waals surface area contributed by atoms with Gasteiger partial charge in [0.15, 0.2) is 0 Å². The van der Waals surface area contributed by atoms with E-state index in [0.29, 0.717) is 6.54 Å². The molecule has 0 bridgehead atoms. The second kappa shape index (κ2) is 7.59. The summed E-state index contributed by atoms with van der Waals surface area (Å²) in [7, 11) is 0. The molecular weight excluding hydrogens is 324 g/mol. The lowest BCUT2D eigenvalue weighted by atomic mass is 10.3. The highest BCUT2D eigenvalue weighted by molar-refractivity contribution is 5.74. The molecule has 2 rings (SSSR count). The van der Waals surface area contributed by atoms with Gasteiger partial charge in [0.25, 0.3) is 0 Å². The molecule has 8 nitrogen and oxygen atoms in total. The summed E-state index contributed by atoms with van der Waals surface area (Å²) >= 11 is 0. The second-order valence-corrected chi connectivity index (χ2v) is 4.70. The number of anilines is 3. The van der Waals surface area contributed by atoms with Crippen LogP contribution in [0.5, 0.6) is 0 Å². The summed E-state index contributed by atoms with van der Waals surface area (Å²) in [4.78, 5) is 19.9. The van der Waals surface area contributed by atoms with Gasteiger partial charge in [-0.2, -0.15) is 0 Å². The molecule has 0 fully saturated rings. The van der Waals surface area contributed by atoms with E-state index < -0.39 is 22.2 Å². The van der Waals surface area contributed by atoms with Gasteiger partial charge in [0, 0.05) is 19.2 Å². The molecule has 0 aliphatic carbocycles. The van der Waals surface area contributed by atoms with Crippen LogP contribution in [-0.4, -0.2) is 39.7 Å². The molecule has 0 spiro atoms. The predicted molar refractivity (Wildman–Crippen MR) is 83.3 cm³/mol. The molecule has 0 aliphatic heterocycles. The Morgan fingerprint density at radius 1 is 1.38 bits per heavy atom. The van der Waals surface area contributed by atoms with Gasteiger partial charge < -0.3 is 15.3 Å². The van der Waals surface area contributed by atoms with Gasteiger partial charge in [-0.15, -0.1) is 0 Å². The number of halogens is 2. The number of benzene rings is 1. The van der Waals surface area contributed by atoms with Gasteiger partial charge >= 0.3 is 5.69 Å². The zero-order chi connectivity index (χ0) is 17.7. The lowest BCUT2D eigenvalue weighted by Crippen LogP contribution is -2.28. The van der Waals surface area contributed by atoms with Crippen LogP contribution in [0.15, 0.2) is 24.5 Å². The first-order chi connectivity index (χ1) is 11.5. The van der Waals surface area contributed by atoms with Crippen molar-refractivity contribution in [3.63, 3.8) is 0 Å². The minimum Gasteiger partial charge on any atom is -0.395 e. The molecule has 0 aliphatic rings. The minimum atomic E-state index is -0.784. The van der Waals surface area contributed by atoms with Gasteiger partial charge in [-0.05, 0) is 19.1 Å². The molecule has 0 unspecified atom stereocenters. The summed E-state index contributed by atoms with van der Waals surface area (Å²) < 4.78 is 27.0. The molecule has 0 saturated carbocycles. The Labute approximate surface area is 135 Å². The van der Waals surface area contributed by atoms with Crippen molar-refractivity contribution in [2.24, 2.45) is 0 Å². The normalized spacial score (nSPS) is 10.5. The van der Waals surface area contributed by atoms with E-state index in [4.69, 9.17) is 5.11 Å². The van der Waals surface area contributed by atoms with E-state index in [-0.39, 0.29) is 30.5 Å². The van der Waals surface area contributed by atoms with Gasteiger partial charge in [0.05, 0.1) is 17.2 Å². The summed E-state index contributed by atoms with van der Waals surface area (Å²) in [6.07, 6.45) is 1.07. The van der Waals surface area contributed by atoms with E-state index in [9.17, 15) is 18.9 Å². The lowest BCUT2D eigenvalue weighted by molar-refractivity contribution is -0.383. The fraction of sp³-hybridized carbons (Fsp3) is 0.286. The molecule has 1 aromatic heterocycles. The molecule has 24 heavy (non-hydrogen) atoms. The second-order valence-electron chi connectivity index (χ2n) is 4.70. The molecular formula is C14H15F2N5O3. The molecule has 1 heterocycles. The molecule has 2 N–H and O–H groups in total. The molecule has 10 heteroatoms. The Kier molecular flexibility index (Phi) is 5.53. The van der Waals surface area contributed by atoms with Crippen LogP contribution < -0.4 is 10.2 Å². The van der Waals surface area contributed by atoms with Crippen molar-refractivity contribution in [2.75, 3.05) is 29.9 Å². The fourth-order valence-electron chi connectivity index (χ4n) is 2.12. The highest BCUT2D eigenvalue weighted by atomic mass is 19.1. The van der Waals surface area contributed by atoms with E-state index >= 15 is 0 Å². The Bertz CT molecular complexity index is 744. The highest BCUT2D eigenvalue weighted by Crippen LogP contribution is 2.34. The Hall–Kier alpha value is -2.88. The van der Waals surface area contributed by atoms with Crippen LogP contribution in [0.2, 0.25) is 0 Å². The maximum Gasteiger partial charge on any atom is 0.353 e. The third-order valence-electron chi connectivity index (χ3n) is 3.22. The number of rotatable bonds is 7. The van der Waals surface area contributed by atoms with Crippen molar-refractivity contribution in [1.29, 1.82) is 0 Å². The molecule has 1 aromatic carbocycles. The smallest absolute Gasteiger partial charge is 0.353 e. The van der Waals surface area contributed by atoms with Crippen molar-refractivity contribution in [1.82, 2.24) is 9.97 Å². The monoisotopic (exact) mass is 339 g/mol. The summed E-state index contributed by atoms with van der Waals surface area (Å²) in [5.41, 5.74) is -0.774. The predicted octanol–water partition coefficient (Wildman–Crippen LogP) is 2.23. The number of nitrogens with zero attached hydrogens (tertiary/aromatic N) is 4. The quantitative estimate of drug-likeness (QED) is 0.589. The maximum absolute atomic E-state index is 13.7. The molecule has 128 valence electrons. The van der Waals surface area contributed by atoms with Crippen molar-refractivity contribution < 1.29 is 18.8 Å². The first-order valence-corrected chi connectivity index (χ1v) is 7.05. The highest BCUT2D eigenvalue weighted by Gasteiger charge is 2.27. The average Bonchev–Trinajstić information content (AvgIpc) is 2.55. The SMILES string of the molecule is CCN(CCO)c1ncnc(Nc2cc(F)ccc2F)c1[N+](=O)[O-]. The zero-order valence-electron chi connectivity index (χ0n) is 12.7. The van der Waals surface area contributed by atoms with Gasteiger partial charge in [0.2, 0.25) is 11.6 Å². The van der Waals surface area contributed by atoms with E-state index in [2.05, 4.69) is 15.3 Å². The van der Waals surface area contributed by atoms with E-state index in [0.717, 1.165) is 24.5 Å². The largest absolute Gasteiger partial charge is 0.395 e. The van der Waals surface area contributed by atoms with E-state index in [1.807, 2.05) is 0 Å². The summed E-state index contributed by atoms with van der Waals surface area (Å²) in [5.74, 6) is -1.78. The number of aliphatic hydroxyl groups is 1. The van der Waals surface area contributed by atoms with Crippen LogP contribution in [0.3, 0.4) is 0 Å². The van der Waals surface area contributed by atoms with Crippen LogP contribution in [0, 0.1) is 21.7 Å². The third-order valence-corrected chi connectivity index (χ3v) is 3.22. The number of aliphatic hydroxyl groups excluding tert-OH is 1. The summed E-state index contributed by atoms with van der Waals surface area (Å²) in [6, 6.07) is 2.70. The molecule has 0 atom stereocenters. The number of nitrogens with one attached hydrogen (secondary N) is 1. The van der Waals surface area contributed by atoms with Crippen LogP contribution >= 0.6 is 0 Å². The first-order valence-electron chi connectivity index (χ1n) is 7.05. The molecule has 2 aromatic rings. The van der Waals surface area contributed by atoms with Crippen molar-refractivity contribution in [3.05, 3.63) is 46.3 Å². The van der Waals surface area contributed by atoms with Crippen molar-refractivity contribution >= 4 is 23.0 Å². The van der Waals surface area contributed by atoms with Crippen LogP contribution in [0.25, 0.3) is 0 Å². The van der Waals surface area contributed by atoms with Crippen LogP contribution in [-0.2, 0) is 0 Å². The number of nitro groups is 1. The Morgan fingerprint density at radius 2 is 2.12 bits per heavy atom. The third kappa shape index (κ3) is 3.71. The van der Waals surface area contributed by atoms with Crippen molar-refractivity contribution in [2.45, 2.75) is 6.92 Å². The van der Waals surface area contributed by atoms with Gasteiger partial charge in [-0.1, -0.05) is 0 Å². The maximum atomic E-state index is 13.7. The topological polar surface area (TPSA) is 104 Å². The summed E-state index contributed by atoms with van der Waals surface area (Å²) in [6.45, 7) is 1.99. The number of likely N-dealkylation sites (N-methyl/N-ethyl adjacent to an activating group) is 1. The van der Waals surface area contributed by atoms with Crippen LogP contribution in [0.1, 0.15) is 6.92 Å². The molecule has 0 radical (unpaired) electrons. The molecule has 0 saturated heterocycles. The van der Waals surface area contributed by atoms with E-state index in [1.54, 1.807) is 6.92 Å². The van der Waals surface area contributed by atoms with Crippen LogP contribution in [0.4, 0.5) is 31.8 Å². The number of hydrogen-bond acceptors (Lipinski definition) is 7. The van der Waals surface area contributed by atoms with Gasteiger partial charge in [0.1, 0.15) is 18.0 Å².